The average molecular weight is 286 g/mol. The summed E-state index contributed by atoms with van der Waals surface area (Å²) in [6.07, 6.45) is 0. The van der Waals surface area contributed by atoms with Gasteiger partial charge >= 0.3 is 0 Å². The fourth-order valence-corrected chi connectivity index (χ4v) is 1.37. The van der Waals surface area contributed by atoms with E-state index in [0.717, 1.165) is 0 Å². The van der Waals surface area contributed by atoms with Crippen LogP contribution in [0.4, 0.5) is 8.78 Å². The van der Waals surface area contributed by atoms with E-state index in [1.807, 2.05) is 13.8 Å². The smallest absolute Gasteiger partial charge is 0.277 e. The van der Waals surface area contributed by atoms with Gasteiger partial charge in [-0.15, -0.1) is 0 Å². The van der Waals surface area contributed by atoms with E-state index in [9.17, 15) is 13.6 Å². The number of rotatable bonds is 7. The van der Waals surface area contributed by atoms with Gasteiger partial charge in [0.25, 0.3) is 11.8 Å². The van der Waals surface area contributed by atoms with Crippen molar-refractivity contribution in [2.24, 2.45) is 11.7 Å². The van der Waals surface area contributed by atoms with Gasteiger partial charge in [0.05, 0.1) is 19.7 Å². The standard InChI is InChI=1S/C14H20F2N2O2/c1-10(2)7-20-12-5-3-4-11(6-12)13(19)18-9-14(15,16)8-17/h3-6,10H,7-9,17H2,1-2H3,(H,18,19). The van der Waals surface area contributed by atoms with Crippen LogP contribution in [0.1, 0.15) is 24.2 Å². The van der Waals surface area contributed by atoms with Crippen molar-refractivity contribution >= 4 is 5.91 Å². The molecule has 0 fully saturated rings. The number of ether oxygens (including phenoxy) is 1. The van der Waals surface area contributed by atoms with Crippen molar-refractivity contribution in [3.63, 3.8) is 0 Å². The van der Waals surface area contributed by atoms with Crippen LogP contribution >= 0.6 is 0 Å². The van der Waals surface area contributed by atoms with Crippen LogP contribution in [0.15, 0.2) is 24.3 Å². The maximum atomic E-state index is 13.0. The lowest BCUT2D eigenvalue weighted by Crippen LogP contribution is -2.41. The molecule has 0 atom stereocenters. The molecule has 1 aromatic rings. The Hall–Kier alpha value is -1.69. The first-order valence-electron chi connectivity index (χ1n) is 6.43. The summed E-state index contributed by atoms with van der Waals surface area (Å²) in [5.74, 6) is -2.78. The second kappa shape index (κ2) is 7.19. The summed E-state index contributed by atoms with van der Waals surface area (Å²) in [5.41, 5.74) is 5.18. The number of nitrogens with one attached hydrogen (secondary N) is 1. The molecule has 0 aliphatic carbocycles. The van der Waals surface area contributed by atoms with Crippen LogP contribution in [-0.4, -0.2) is 31.5 Å². The van der Waals surface area contributed by atoms with E-state index < -0.39 is 24.9 Å². The molecule has 0 aliphatic rings. The molecule has 0 spiro atoms. The molecule has 0 saturated carbocycles. The van der Waals surface area contributed by atoms with Crippen molar-refractivity contribution in [3.8, 4) is 5.75 Å². The molecule has 0 radical (unpaired) electrons. The number of nitrogens with two attached hydrogens (primary N) is 1. The molecular weight excluding hydrogens is 266 g/mol. The third kappa shape index (κ3) is 5.52. The highest BCUT2D eigenvalue weighted by Gasteiger charge is 2.27. The Morgan fingerprint density at radius 2 is 2.15 bits per heavy atom. The summed E-state index contributed by atoms with van der Waals surface area (Å²) in [6.45, 7) is 2.96. The van der Waals surface area contributed by atoms with E-state index in [-0.39, 0.29) is 5.56 Å². The SMILES string of the molecule is CC(C)COc1cccc(C(=O)NCC(F)(F)CN)c1. The van der Waals surface area contributed by atoms with Gasteiger partial charge in [0, 0.05) is 5.56 Å². The maximum Gasteiger partial charge on any atom is 0.277 e. The topological polar surface area (TPSA) is 64.3 Å². The summed E-state index contributed by atoms with van der Waals surface area (Å²) in [5, 5.41) is 2.16. The summed E-state index contributed by atoms with van der Waals surface area (Å²) in [4.78, 5) is 11.8. The van der Waals surface area contributed by atoms with Crippen LogP contribution in [0, 0.1) is 5.92 Å². The van der Waals surface area contributed by atoms with Gasteiger partial charge in [-0.25, -0.2) is 8.78 Å². The monoisotopic (exact) mass is 286 g/mol. The highest BCUT2D eigenvalue weighted by Crippen LogP contribution is 2.15. The number of hydrogen-bond acceptors (Lipinski definition) is 3. The van der Waals surface area contributed by atoms with Gasteiger partial charge < -0.3 is 15.8 Å². The Bertz CT molecular complexity index is 451. The molecule has 0 bridgehead atoms. The highest BCUT2D eigenvalue weighted by atomic mass is 19.3. The average Bonchev–Trinajstić information content (AvgIpc) is 2.43. The zero-order chi connectivity index (χ0) is 15.2. The molecule has 4 nitrogen and oxygen atoms in total. The summed E-state index contributed by atoms with van der Waals surface area (Å²) in [7, 11) is 0. The first-order chi connectivity index (χ1) is 9.34. The molecular formula is C14H20F2N2O2. The van der Waals surface area contributed by atoms with Crippen molar-refractivity contribution in [2.45, 2.75) is 19.8 Å². The number of carbonyl (C=O) groups is 1. The van der Waals surface area contributed by atoms with Crippen molar-refractivity contribution in [1.82, 2.24) is 5.32 Å². The van der Waals surface area contributed by atoms with Gasteiger partial charge in [0.2, 0.25) is 0 Å². The first kappa shape index (κ1) is 16.4. The lowest BCUT2D eigenvalue weighted by atomic mass is 10.2. The quantitative estimate of drug-likeness (QED) is 0.806. The molecule has 1 amide bonds. The third-order valence-electron chi connectivity index (χ3n) is 2.49. The minimum absolute atomic E-state index is 0.277. The van der Waals surface area contributed by atoms with Gasteiger partial charge in [-0.05, 0) is 24.1 Å². The normalized spacial score (nSPS) is 11.5. The Morgan fingerprint density at radius 3 is 2.75 bits per heavy atom. The number of amides is 1. The third-order valence-corrected chi connectivity index (χ3v) is 2.49. The van der Waals surface area contributed by atoms with Crippen molar-refractivity contribution < 1.29 is 18.3 Å². The van der Waals surface area contributed by atoms with Crippen molar-refractivity contribution in [3.05, 3.63) is 29.8 Å². The van der Waals surface area contributed by atoms with Crippen molar-refractivity contribution in [2.75, 3.05) is 19.7 Å². The first-order valence-corrected chi connectivity index (χ1v) is 6.43. The Balaban J connectivity index is 2.62. The molecule has 0 aliphatic heterocycles. The Morgan fingerprint density at radius 1 is 1.45 bits per heavy atom. The Kier molecular flexibility index (Phi) is 5.88. The van der Waals surface area contributed by atoms with E-state index in [0.29, 0.717) is 18.3 Å². The molecule has 0 unspecified atom stereocenters. The predicted octanol–water partition coefficient (Wildman–Crippen LogP) is 2.05. The van der Waals surface area contributed by atoms with Crippen molar-refractivity contribution in [1.29, 1.82) is 0 Å². The number of benzene rings is 1. The van der Waals surface area contributed by atoms with Crippen LogP contribution in [0.2, 0.25) is 0 Å². The fourth-order valence-electron chi connectivity index (χ4n) is 1.37. The molecule has 0 saturated heterocycles. The number of halogens is 2. The molecule has 6 heteroatoms. The second-order valence-electron chi connectivity index (χ2n) is 4.98. The summed E-state index contributed by atoms with van der Waals surface area (Å²) >= 11 is 0. The van der Waals surface area contributed by atoms with Gasteiger partial charge in [0.15, 0.2) is 0 Å². The van der Waals surface area contributed by atoms with E-state index in [1.165, 1.54) is 12.1 Å². The molecule has 112 valence electrons. The van der Waals surface area contributed by atoms with Crippen LogP contribution in [-0.2, 0) is 0 Å². The van der Waals surface area contributed by atoms with Crippen LogP contribution < -0.4 is 15.8 Å². The second-order valence-corrected chi connectivity index (χ2v) is 4.98. The lowest BCUT2D eigenvalue weighted by Gasteiger charge is -2.15. The summed E-state index contributed by atoms with van der Waals surface area (Å²) < 4.78 is 31.4. The van der Waals surface area contributed by atoms with Crippen LogP contribution in [0.5, 0.6) is 5.75 Å². The number of alkyl halides is 2. The van der Waals surface area contributed by atoms with E-state index in [2.05, 4.69) is 5.32 Å². The maximum absolute atomic E-state index is 13.0. The molecule has 3 N–H and O–H groups in total. The molecule has 1 aromatic carbocycles. The van der Waals surface area contributed by atoms with Gasteiger partial charge in [-0.2, -0.15) is 0 Å². The van der Waals surface area contributed by atoms with E-state index >= 15 is 0 Å². The zero-order valence-corrected chi connectivity index (χ0v) is 11.7. The molecule has 20 heavy (non-hydrogen) atoms. The summed E-state index contributed by atoms with van der Waals surface area (Å²) in [6, 6.07) is 6.43. The lowest BCUT2D eigenvalue weighted by molar-refractivity contribution is 0.0118. The largest absolute Gasteiger partial charge is 0.493 e. The van der Waals surface area contributed by atoms with Gasteiger partial charge in [-0.1, -0.05) is 19.9 Å². The number of carbonyl (C=O) groups excluding carboxylic acids is 1. The number of hydrogen-bond donors (Lipinski definition) is 2. The van der Waals surface area contributed by atoms with Gasteiger partial charge in [-0.3, -0.25) is 4.79 Å². The Labute approximate surface area is 117 Å². The van der Waals surface area contributed by atoms with Gasteiger partial charge in [0.1, 0.15) is 5.75 Å². The van der Waals surface area contributed by atoms with Crippen LogP contribution in [0.3, 0.4) is 0 Å². The zero-order valence-electron chi connectivity index (χ0n) is 11.7. The van der Waals surface area contributed by atoms with E-state index in [1.54, 1.807) is 12.1 Å². The predicted molar refractivity (Wildman–Crippen MR) is 73.1 cm³/mol. The minimum atomic E-state index is -3.10. The van der Waals surface area contributed by atoms with E-state index in [4.69, 9.17) is 10.5 Å². The minimum Gasteiger partial charge on any atom is -0.493 e. The molecule has 1 rings (SSSR count). The van der Waals surface area contributed by atoms with Crippen LogP contribution in [0.25, 0.3) is 0 Å². The fraction of sp³-hybridized carbons (Fsp3) is 0.500. The molecule has 0 heterocycles. The highest BCUT2D eigenvalue weighted by molar-refractivity contribution is 5.94. The molecule has 0 aromatic heterocycles.